The average Bonchev–Trinajstić information content (AvgIpc) is 3.30. The lowest BCUT2D eigenvalue weighted by Crippen LogP contribution is -2.64. The van der Waals surface area contributed by atoms with Crippen LogP contribution in [0.15, 0.2) is 72.9 Å². The van der Waals surface area contributed by atoms with Crippen LogP contribution in [0.25, 0.3) is 0 Å². The summed E-state index contributed by atoms with van der Waals surface area (Å²) in [5.74, 6) is -1.13. The van der Waals surface area contributed by atoms with Crippen molar-refractivity contribution in [3.05, 3.63) is 72.9 Å². The molecule has 0 radical (unpaired) electrons. The van der Waals surface area contributed by atoms with Crippen LogP contribution in [0.3, 0.4) is 0 Å². The number of hydrogen-bond acceptors (Lipinski definition) is 12. The van der Waals surface area contributed by atoms with Gasteiger partial charge in [0.05, 0.1) is 6.61 Å². The summed E-state index contributed by atoms with van der Waals surface area (Å²) in [6.07, 6.45) is 39.4. The number of ether oxygens (including phenoxy) is 2. The Kier molecular flexibility index (Phi) is 38.3. The molecule has 0 heterocycles. The average molecular weight is 953 g/mol. The fourth-order valence-electron chi connectivity index (χ4n) is 7.25. The largest absolute Gasteiger partial charge is 0.472 e. The monoisotopic (exact) mass is 953 g/mol. The van der Waals surface area contributed by atoms with E-state index in [9.17, 15) is 44.6 Å². The SMILES string of the molecule is CC/C=C\C/C=C\C/C=C\C/C=C\CCCCCCCCCCC(=O)OC(COC(=O)CCCCCCC/C=C\C/C=C\CCCCCC)COP(=O)(O)OC1C(O)C(O)C(O)C(O)C1O. The maximum atomic E-state index is 12.8. The van der Waals surface area contributed by atoms with Gasteiger partial charge < -0.3 is 39.9 Å². The summed E-state index contributed by atoms with van der Waals surface area (Å²) >= 11 is 0. The molecular weight excluding hydrogens is 864 g/mol. The van der Waals surface area contributed by atoms with Crippen molar-refractivity contribution in [2.24, 2.45) is 0 Å². The summed E-state index contributed by atoms with van der Waals surface area (Å²) in [5, 5.41) is 50.3. The minimum absolute atomic E-state index is 0.0806. The molecule has 1 saturated carbocycles. The molecule has 380 valence electrons. The Morgan fingerprint density at radius 1 is 0.485 bits per heavy atom. The van der Waals surface area contributed by atoms with Crippen molar-refractivity contribution in [3.63, 3.8) is 0 Å². The van der Waals surface area contributed by atoms with Crippen molar-refractivity contribution in [1.29, 1.82) is 0 Å². The smallest absolute Gasteiger partial charge is 0.462 e. The molecule has 1 rings (SSSR count). The summed E-state index contributed by atoms with van der Waals surface area (Å²) in [4.78, 5) is 35.8. The zero-order valence-electron chi connectivity index (χ0n) is 40.5. The standard InChI is InChI=1S/C52H89O13P/c1-3-5-7-9-11-13-15-17-19-21-22-23-24-25-27-29-31-33-35-37-39-41-46(54)64-44(43-63-66(60,61)65-52-50(58)48(56)47(55)49(57)51(52)59)42-62-45(53)40-38-36-34-32-30-28-26-20-18-16-14-12-10-8-6-4-2/h5,7,11,13-14,16-17,19-20,22-23,26,44,47-52,55-59H,3-4,6,8-10,12,15,18,21,24-25,27-43H2,1-2H3,(H,60,61)/b7-5-,13-11-,16-14-,19-17-,23-22-,26-20-. The highest BCUT2D eigenvalue weighted by Crippen LogP contribution is 2.47. The van der Waals surface area contributed by atoms with Gasteiger partial charge in [0.2, 0.25) is 0 Å². The zero-order valence-corrected chi connectivity index (χ0v) is 41.4. The normalized spacial score (nSPS) is 21.9. The van der Waals surface area contributed by atoms with Crippen LogP contribution in [0.1, 0.15) is 187 Å². The number of phosphoric acid groups is 1. The first-order chi connectivity index (χ1) is 31.9. The maximum absolute atomic E-state index is 12.8. The van der Waals surface area contributed by atoms with E-state index in [1.54, 1.807) is 0 Å². The predicted octanol–water partition coefficient (Wildman–Crippen LogP) is 10.7. The van der Waals surface area contributed by atoms with Gasteiger partial charge in [0.25, 0.3) is 0 Å². The van der Waals surface area contributed by atoms with E-state index in [0.717, 1.165) is 116 Å². The molecule has 6 N–H and O–H groups in total. The third-order valence-electron chi connectivity index (χ3n) is 11.3. The van der Waals surface area contributed by atoms with Crippen LogP contribution in [0.2, 0.25) is 0 Å². The van der Waals surface area contributed by atoms with Gasteiger partial charge in [0.1, 0.15) is 43.2 Å². The molecule has 0 aromatic rings. The molecule has 0 amide bonds. The van der Waals surface area contributed by atoms with Gasteiger partial charge in [0.15, 0.2) is 6.10 Å². The molecule has 0 saturated heterocycles. The number of phosphoric ester groups is 1. The minimum Gasteiger partial charge on any atom is -0.462 e. The van der Waals surface area contributed by atoms with E-state index in [1.165, 1.54) is 32.1 Å². The molecule has 14 heteroatoms. The lowest BCUT2D eigenvalue weighted by atomic mass is 9.85. The van der Waals surface area contributed by atoms with E-state index in [-0.39, 0.29) is 12.8 Å². The topological polar surface area (TPSA) is 210 Å². The fourth-order valence-corrected chi connectivity index (χ4v) is 8.22. The van der Waals surface area contributed by atoms with E-state index in [0.29, 0.717) is 12.8 Å². The minimum atomic E-state index is -5.13. The Morgan fingerprint density at radius 3 is 1.32 bits per heavy atom. The quantitative estimate of drug-likeness (QED) is 0.0146. The molecule has 0 aliphatic heterocycles. The van der Waals surface area contributed by atoms with Crippen LogP contribution in [0.4, 0.5) is 0 Å². The third-order valence-corrected chi connectivity index (χ3v) is 12.3. The van der Waals surface area contributed by atoms with Crippen molar-refractivity contribution >= 4 is 19.8 Å². The van der Waals surface area contributed by atoms with Crippen LogP contribution >= 0.6 is 7.82 Å². The van der Waals surface area contributed by atoms with E-state index >= 15 is 0 Å². The van der Waals surface area contributed by atoms with Crippen molar-refractivity contribution in [1.82, 2.24) is 0 Å². The fraction of sp³-hybridized carbons (Fsp3) is 0.731. The number of carbonyl (C=O) groups is 2. The van der Waals surface area contributed by atoms with Gasteiger partial charge in [-0.3, -0.25) is 18.6 Å². The van der Waals surface area contributed by atoms with E-state index in [2.05, 4.69) is 86.8 Å². The number of hydrogen-bond donors (Lipinski definition) is 6. The van der Waals surface area contributed by atoms with Gasteiger partial charge in [-0.1, -0.05) is 164 Å². The van der Waals surface area contributed by atoms with Crippen LogP contribution in [0, 0.1) is 0 Å². The van der Waals surface area contributed by atoms with Crippen molar-refractivity contribution in [2.75, 3.05) is 13.2 Å². The van der Waals surface area contributed by atoms with E-state index in [4.69, 9.17) is 18.5 Å². The first-order valence-corrected chi connectivity index (χ1v) is 26.7. The van der Waals surface area contributed by atoms with Gasteiger partial charge in [0, 0.05) is 12.8 Å². The molecule has 66 heavy (non-hydrogen) atoms. The summed E-state index contributed by atoms with van der Waals surface area (Å²) in [5.41, 5.74) is 0. The molecule has 1 fully saturated rings. The number of aliphatic hydroxyl groups is 5. The molecule has 6 unspecified atom stereocenters. The highest BCUT2D eigenvalue weighted by atomic mass is 31.2. The Hall–Kier alpha value is -2.71. The maximum Gasteiger partial charge on any atom is 0.472 e. The Morgan fingerprint density at radius 2 is 0.864 bits per heavy atom. The Labute approximate surface area is 397 Å². The van der Waals surface area contributed by atoms with Gasteiger partial charge in [-0.2, -0.15) is 0 Å². The molecule has 13 nitrogen and oxygen atoms in total. The number of carbonyl (C=O) groups excluding carboxylic acids is 2. The van der Waals surface area contributed by atoms with Crippen LogP contribution < -0.4 is 0 Å². The Bertz CT molecular complexity index is 1430. The van der Waals surface area contributed by atoms with Gasteiger partial charge in [-0.25, -0.2) is 4.57 Å². The number of allylic oxidation sites excluding steroid dienone is 12. The Balaban J connectivity index is 2.43. The van der Waals surface area contributed by atoms with E-state index < -0.39 is 75.7 Å². The first-order valence-electron chi connectivity index (χ1n) is 25.2. The highest BCUT2D eigenvalue weighted by Gasteiger charge is 2.51. The molecule has 0 aromatic carbocycles. The molecular formula is C52H89O13P. The predicted molar refractivity (Wildman–Crippen MR) is 262 cm³/mol. The molecule has 1 aliphatic carbocycles. The summed E-state index contributed by atoms with van der Waals surface area (Å²) in [6.45, 7) is 3.16. The molecule has 0 aromatic heterocycles. The number of esters is 2. The molecule has 6 atom stereocenters. The summed E-state index contributed by atoms with van der Waals surface area (Å²) < 4.78 is 33.6. The number of aliphatic hydroxyl groups excluding tert-OH is 5. The second-order valence-corrected chi connectivity index (χ2v) is 18.7. The number of unbranched alkanes of at least 4 members (excludes halogenated alkanes) is 17. The molecule has 0 bridgehead atoms. The first kappa shape index (κ1) is 61.3. The van der Waals surface area contributed by atoms with Gasteiger partial charge in [-0.15, -0.1) is 0 Å². The molecule has 1 aliphatic rings. The van der Waals surface area contributed by atoms with Crippen LogP contribution in [-0.2, 0) is 32.7 Å². The van der Waals surface area contributed by atoms with Gasteiger partial charge in [-0.05, 0) is 83.5 Å². The number of rotatable bonds is 41. The second kappa shape index (κ2) is 41.3. The lowest BCUT2D eigenvalue weighted by molar-refractivity contribution is -0.220. The lowest BCUT2D eigenvalue weighted by Gasteiger charge is -2.41. The van der Waals surface area contributed by atoms with Crippen LogP contribution in [0.5, 0.6) is 0 Å². The molecule has 0 spiro atoms. The summed E-state index contributed by atoms with van der Waals surface area (Å²) in [6, 6.07) is 0. The van der Waals surface area contributed by atoms with E-state index in [1.807, 2.05) is 0 Å². The zero-order chi connectivity index (χ0) is 48.5. The second-order valence-electron chi connectivity index (χ2n) is 17.3. The van der Waals surface area contributed by atoms with Crippen molar-refractivity contribution in [3.8, 4) is 0 Å². The van der Waals surface area contributed by atoms with Gasteiger partial charge >= 0.3 is 19.8 Å². The third kappa shape index (κ3) is 32.9. The van der Waals surface area contributed by atoms with Crippen LogP contribution in [-0.4, -0.2) is 98.3 Å². The van der Waals surface area contributed by atoms with Crippen molar-refractivity contribution in [2.45, 2.75) is 230 Å². The summed E-state index contributed by atoms with van der Waals surface area (Å²) in [7, 11) is -5.13. The highest BCUT2D eigenvalue weighted by molar-refractivity contribution is 7.47. The van der Waals surface area contributed by atoms with Crippen molar-refractivity contribution < 1.29 is 63.1 Å².